The smallest absolute Gasteiger partial charge is 0.266 e. The number of rotatable bonds is 5. The van der Waals surface area contributed by atoms with Gasteiger partial charge in [-0.25, -0.2) is 12.7 Å². The first kappa shape index (κ1) is 19.2. The number of hydrogen-bond acceptors (Lipinski definition) is 3. The van der Waals surface area contributed by atoms with Crippen molar-refractivity contribution >= 4 is 31.6 Å². The fraction of sp³-hybridized carbons (Fsp3) is 0.182. The molecule has 2 atom stereocenters. The molecule has 0 N–H and O–H groups in total. The molecule has 0 spiro atoms. The fourth-order valence-corrected chi connectivity index (χ4v) is 5.85. The van der Waals surface area contributed by atoms with Crippen LogP contribution in [0.4, 0.5) is 5.69 Å². The fourth-order valence-electron chi connectivity index (χ4n) is 3.33. The van der Waals surface area contributed by atoms with Gasteiger partial charge in [0.25, 0.3) is 10.0 Å². The lowest BCUT2D eigenvalue weighted by Gasteiger charge is -2.28. The normalized spacial score (nSPS) is 18.9. The first-order valence-electron chi connectivity index (χ1n) is 8.98. The highest BCUT2D eigenvalue weighted by molar-refractivity contribution is 9.09. The Labute approximate surface area is 174 Å². The molecule has 1 heterocycles. The highest BCUT2D eigenvalue weighted by Crippen LogP contribution is 2.47. The predicted octanol–water partition coefficient (Wildman–Crippen LogP) is 5.18. The van der Waals surface area contributed by atoms with Gasteiger partial charge >= 0.3 is 0 Å². The van der Waals surface area contributed by atoms with Crippen molar-refractivity contribution in [1.82, 2.24) is 0 Å². The van der Waals surface area contributed by atoms with E-state index < -0.39 is 16.3 Å². The molecule has 28 heavy (non-hydrogen) atoms. The van der Waals surface area contributed by atoms with Crippen LogP contribution in [0, 0.1) is 6.92 Å². The molecule has 1 aliphatic rings. The van der Waals surface area contributed by atoms with E-state index in [1.54, 1.807) is 24.3 Å². The number of anilines is 1. The van der Waals surface area contributed by atoms with Crippen LogP contribution in [0.15, 0.2) is 83.8 Å². The van der Waals surface area contributed by atoms with Crippen molar-refractivity contribution in [2.24, 2.45) is 0 Å². The lowest BCUT2D eigenvalue weighted by molar-refractivity contribution is 0.0534. The molecule has 144 valence electrons. The Balaban J connectivity index is 1.73. The molecule has 6 heteroatoms. The monoisotopic (exact) mass is 457 g/mol. The standard InChI is InChI=1S/C22H20BrNO3S/c1-16-11-13-18(14-12-16)28(25,26)24-20-10-6-5-9-19(20)21(23)22(24)27-15-17-7-3-2-4-8-17/h2-14,21-22H,15H2,1H3. The molecule has 2 unspecified atom stereocenters. The van der Waals surface area contributed by atoms with E-state index >= 15 is 0 Å². The zero-order valence-electron chi connectivity index (χ0n) is 15.3. The predicted molar refractivity (Wildman–Crippen MR) is 114 cm³/mol. The Morgan fingerprint density at radius 3 is 2.29 bits per heavy atom. The summed E-state index contributed by atoms with van der Waals surface area (Å²) in [5, 5.41) is 0. The molecule has 3 aromatic rings. The summed E-state index contributed by atoms with van der Waals surface area (Å²) < 4.78 is 34.5. The average molecular weight is 458 g/mol. The maximum atomic E-state index is 13.5. The van der Waals surface area contributed by atoms with E-state index in [4.69, 9.17) is 4.74 Å². The van der Waals surface area contributed by atoms with E-state index in [1.807, 2.05) is 61.5 Å². The van der Waals surface area contributed by atoms with Crippen LogP contribution >= 0.6 is 15.9 Å². The lowest BCUT2D eigenvalue weighted by Crippen LogP contribution is -2.40. The minimum Gasteiger partial charge on any atom is -0.351 e. The molecule has 4 rings (SSSR count). The van der Waals surface area contributed by atoms with Gasteiger partial charge in [0.05, 0.1) is 22.0 Å². The first-order chi connectivity index (χ1) is 13.5. The van der Waals surface area contributed by atoms with Gasteiger partial charge < -0.3 is 4.74 Å². The molecule has 0 aliphatic carbocycles. The SMILES string of the molecule is Cc1ccc(S(=O)(=O)N2c3ccccc3C(Br)C2OCc2ccccc2)cc1. The van der Waals surface area contributed by atoms with Crippen molar-refractivity contribution in [1.29, 1.82) is 0 Å². The number of ether oxygens (including phenoxy) is 1. The van der Waals surface area contributed by atoms with E-state index in [0.717, 1.165) is 16.7 Å². The Morgan fingerprint density at radius 1 is 0.929 bits per heavy atom. The average Bonchev–Trinajstić information content (AvgIpc) is 3.00. The van der Waals surface area contributed by atoms with Gasteiger partial charge in [-0.2, -0.15) is 0 Å². The molecule has 1 aliphatic heterocycles. The van der Waals surface area contributed by atoms with Gasteiger partial charge in [0.2, 0.25) is 0 Å². The number of sulfonamides is 1. The maximum Gasteiger partial charge on any atom is 0.266 e. The molecule has 0 saturated heterocycles. The van der Waals surface area contributed by atoms with Crippen LogP contribution in [-0.4, -0.2) is 14.6 Å². The van der Waals surface area contributed by atoms with Crippen LogP contribution in [-0.2, 0) is 21.4 Å². The van der Waals surface area contributed by atoms with Crippen molar-refractivity contribution < 1.29 is 13.2 Å². The second-order valence-electron chi connectivity index (χ2n) is 6.76. The van der Waals surface area contributed by atoms with E-state index in [0.29, 0.717) is 12.3 Å². The third kappa shape index (κ3) is 3.48. The molecule has 0 aromatic heterocycles. The Kier molecular flexibility index (Phi) is 5.27. The van der Waals surface area contributed by atoms with Crippen molar-refractivity contribution in [2.75, 3.05) is 4.31 Å². The molecule has 0 amide bonds. The number of hydrogen-bond donors (Lipinski definition) is 0. The van der Waals surface area contributed by atoms with Crippen LogP contribution in [0.5, 0.6) is 0 Å². The van der Waals surface area contributed by atoms with Crippen LogP contribution in [0.1, 0.15) is 21.5 Å². The molecule has 0 saturated carbocycles. The van der Waals surface area contributed by atoms with E-state index in [9.17, 15) is 8.42 Å². The molecule has 3 aromatic carbocycles. The summed E-state index contributed by atoms with van der Waals surface area (Å²) in [4.78, 5) is -0.00421. The summed E-state index contributed by atoms with van der Waals surface area (Å²) in [6.45, 7) is 2.25. The minimum absolute atomic E-state index is 0.253. The minimum atomic E-state index is -3.78. The number of aryl methyl sites for hydroxylation is 1. The number of nitrogens with zero attached hydrogens (tertiary/aromatic N) is 1. The van der Waals surface area contributed by atoms with Crippen LogP contribution in [0.3, 0.4) is 0 Å². The van der Waals surface area contributed by atoms with Crippen molar-refractivity contribution in [2.45, 2.75) is 29.5 Å². The summed E-state index contributed by atoms with van der Waals surface area (Å²) >= 11 is 3.66. The highest BCUT2D eigenvalue weighted by atomic mass is 79.9. The number of benzene rings is 3. The van der Waals surface area contributed by atoms with Crippen molar-refractivity contribution in [3.8, 4) is 0 Å². The van der Waals surface area contributed by atoms with E-state index in [2.05, 4.69) is 15.9 Å². The molecule has 0 bridgehead atoms. The Hall–Kier alpha value is -2.15. The van der Waals surface area contributed by atoms with Gasteiger partial charge in [-0.1, -0.05) is 82.2 Å². The van der Waals surface area contributed by atoms with Gasteiger partial charge in [0.1, 0.15) is 0 Å². The van der Waals surface area contributed by atoms with Gasteiger partial charge in [-0.15, -0.1) is 0 Å². The van der Waals surface area contributed by atoms with E-state index in [1.165, 1.54) is 4.31 Å². The van der Waals surface area contributed by atoms with E-state index in [-0.39, 0.29) is 9.72 Å². The zero-order valence-corrected chi connectivity index (χ0v) is 17.7. The lowest BCUT2D eigenvalue weighted by atomic mass is 10.2. The van der Waals surface area contributed by atoms with Gasteiger partial charge in [0.15, 0.2) is 6.23 Å². The maximum absolute atomic E-state index is 13.5. The van der Waals surface area contributed by atoms with Gasteiger partial charge in [0, 0.05) is 0 Å². The molecular weight excluding hydrogens is 438 g/mol. The summed E-state index contributed by atoms with van der Waals surface area (Å²) in [6.07, 6.45) is -0.677. The summed E-state index contributed by atoms with van der Waals surface area (Å²) in [7, 11) is -3.78. The van der Waals surface area contributed by atoms with Crippen LogP contribution in [0.25, 0.3) is 0 Å². The topological polar surface area (TPSA) is 46.6 Å². The number of alkyl halides is 1. The second kappa shape index (κ2) is 7.70. The number of fused-ring (bicyclic) bond motifs is 1. The number of para-hydroxylation sites is 1. The van der Waals surface area contributed by atoms with Crippen molar-refractivity contribution in [3.63, 3.8) is 0 Å². The van der Waals surface area contributed by atoms with Gasteiger partial charge in [-0.05, 0) is 36.2 Å². The summed E-state index contributed by atoms with van der Waals surface area (Å²) in [5.41, 5.74) is 3.54. The molecule has 0 fully saturated rings. The first-order valence-corrected chi connectivity index (χ1v) is 11.3. The highest BCUT2D eigenvalue weighted by Gasteiger charge is 2.44. The van der Waals surface area contributed by atoms with Crippen LogP contribution in [0.2, 0.25) is 0 Å². The second-order valence-corrected chi connectivity index (χ2v) is 9.56. The summed E-state index contributed by atoms with van der Waals surface area (Å²) in [5.74, 6) is 0. The zero-order chi connectivity index (χ0) is 19.7. The largest absolute Gasteiger partial charge is 0.351 e. The number of halogens is 1. The molecular formula is C22H20BrNO3S. The third-order valence-corrected chi connectivity index (χ3v) is 7.53. The molecule has 4 nitrogen and oxygen atoms in total. The Morgan fingerprint density at radius 2 is 1.57 bits per heavy atom. The third-order valence-electron chi connectivity index (χ3n) is 4.79. The van der Waals surface area contributed by atoms with Gasteiger partial charge in [-0.3, -0.25) is 0 Å². The molecule has 0 radical (unpaired) electrons. The Bertz CT molecular complexity index is 1070. The van der Waals surface area contributed by atoms with Crippen LogP contribution < -0.4 is 4.31 Å². The summed E-state index contributed by atoms with van der Waals surface area (Å²) in [6, 6.07) is 24.1. The quantitative estimate of drug-likeness (QED) is 0.495. The van der Waals surface area contributed by atoms with Crippen molar-refractivity contribution in [3.05, 3.63) is 95.6 Å².